The number of nitrogens with one attached hydrogen (secondary N) is 2. The Hall–Kier alpha value is -3.86. The van der Waals surface area contributed by atoms with E-state index in [2.05, 4.69) is 20.6 Å². The number of hydrazone groups is 1. The fourth-order valence-corrected chi connectivity index (χ4v) is 6.89. The van der Waals surface area contributed by atoms with Crippen LogP contribution in [0.15, 0.2) is 23.1 Å². The van der Waals surface area contributed by atoms with Gasteiger partial charge in [-0.2, -0.15) is 18.3 Å². The summed E-state index contributed by atoms with van der Waals surface area (Å²) in [6.45, 7) is 5.19. The molecule has 3 fully saturated rings. The first-order valence-corrected chi connectivity index (χ1v) is 16.2. The monoisotopic (exact) mass is 680 g/mol. The lowest BCUT2D eigenvalue weighted by Gasteiger charge is -2.33. The zero-order valence-corrected chi connectivity index (χ0v) is 26.7. The van der Waals surface area contributed by atoms with Gasteiger partial charge < -0.3 is 15.4 Å². The lowest BCUT2D eigenvalue weighted by Crippen LogP contribution is -2.47. The van der Waals surface area contributed by atoms with Crippen LogP contribution >= 0.6 is 0 Å². The summed E-state index contributed by atoms with van der Waals surface area (Å²) < 4.78 is 77.6. The second kappa shape index (κ2) is 13.6. The molecule has 260 valence electrons. The maximum absolute atomic E-state index is 14.2. The Balaban J connectivity index is 1.34. The van der Waals surface area contributed by atoms with Crippen molar-refractivity contribution in [3.05, 3.63) is 35.1 Å². The highest BCUT2D eigenvalue weighted by molar-refractivity contribution is 5.96. The molecule has 4 aliphatic rings. The van der Waals surface area contributed by atoms with Gasteiger partial charge in [-0.3, -0.25) is 14.5 Å². The molecule has 2 N–H and O–H groups in total. The number of carbonyl (C=O) groups excluding carboxylic acids is 2. The van der Waals surface area contributed by atoms with E-state index in [1.165, 1.54) is 15.4 Å². The Bertz CT molecular complexity index is 1630. The Morgan fingerprint density at radius 2 is 2.02 bits per heavy atom. The number of fused-ring (bicyclic) bond motifs is 1. The van der Waals surface area contributed by atoms with Gasteiger partial charge in [0.15, 0.2) is 6.21 Å². The minimum atomic E-state index is -4.46. The van der Waals surface area contributed by atoms with E-state index in [0.717, 1.165) is 0 Å². The Kier molecular flexibility index (Phi) is 9.62. The van der Waals surface area contributed by atoms with Crippen molar-refractivity contribution in [3.63, 3.8) is 0 Å². The molecule has 1 aliphatic carbocycles. The highest BCUT2D eigenvalue weighted by atomic mass is 19.4. The van der Waals surface area contributed by atoms with Gasteiger partial charge in [0.25, 0.3) is 5.78 Å². The van der Waals surface area contributed by atoms with E-state index < -0.39 is 48.3 Å². The van der Waals surface area contributed by atoms with E-state index in [1.54, 1.807) is 25.4 Å². The van der Waals surface area contributed by atoms with Crippen LogP contribution < -0.4 is 10.6 Å². The summed E-state index contributed by atoms with van der Waals surface area (Å²) in [5.74, 6) is -6.56. The van der Waals surface area contributed by atoms with Crippen LogP contribution in [0.4, 0.5) is 22.0 Å². The van der Waals surface area contributed by atoms with Crippen molar-refractivity contribution in [2.45, 2.75) is 83.2 Å². The normalized spacial score (nSPS) is 26.9. The van der Waals surface area contributed by atoms with Crippen molar-refractivity contribution in [1.82, 2.24) is 35.1 Å². The summed E-state index contributed by atoms with van der Waals surface area (Å²) in [6, 6.07) is -0.763. The molecule has 2 aromatic heterocycles. The molecule has 3 aliphatic heterocycles. The number of rotatable bonds is 8. The van der Waals surface area contributed by atoms with Crippen LogP contribution in [0.5, 0.6) is 0 Å². The summed E-state index contributed by atoms with van der Waals surface area (Å²) in [4.78, 5) is 37.8. The number of hydrogen-bond donors (Lipinski definition) is 2. The van der Waals surface area contributed by atoms with Crippen molar-refractivity contribution >= 4 is 30.0 Å². The van der Waals surface area contributed by atoms with Crippen LogP contribution in [-0.4, -0.2) is 97.9 Å². The number of allylic oxidation sites excluding steroid dienone is 1. The number of piperidine rings is 1. The molecular weight excluding hydrogens is 641 g/mol. The first kappa shape index (κ1) is 34.0. The molecule has 12 nitrogen and oxygen atoms in total. The van der Waals surface area contributed by atoms with E-state index in [9.17, 15) is 31.5 Å². The first-order chi connectivity index (χ1) is 22.8. The molecule has 5 heterocycles. The highest BCUT2D eigenvalue weighted by Crippen LogP contribution is 2.41. The number of hydrogen-bond acceptors (Lipinski definition) is 8. The molecule has 0 radical (unpaired) electrons. The molecule has 0 aromatic carbocycles. The van der Waals surface area contributed by atoms with Gasteiger partial charge in [-0.1, -0.05) is 4.68 Å². The standard InChI is InChI=1S/C31H38F5N9O3/c1-3-44-25(6-9-38-44)28(47)41-26(19-4-7-30(32,33)8-5-19)24-17-45-29(40-24)39-23(16-43-10-11-48-18(2)15-43)22(42-45)13-20-12-21(31(34,35)36)14-37-27(20)46/h3,6,9,17-21,26H,4-5,7-8,10-16H2,1-2H3,(H-,37,41,46,47)/p+1/b44-3+/t18?,20-,21-,26+/m1/s1. The minimum absolute atomic E-state index is 0.0394. The molecule has 2 amide bonds. The third-order valence-electron chi connectivity index (χ3n) is 9.53. The molecule has 1 unspecified atom stereocenters. The predicted octanol–water partition coefficient (Wildman–Crippen LogP) is 3.17. The third kappa shape index (κ3) is 7.56. The summed E-state index contributed by atoms with van der Waals surface area (Å²) >= 11 is 0. The van der Waals surface area contributed by atoms with Crippen LogP contribution in [0, 0.1) is 17.8 Å². The number of morpholine rings is 1. The largest absolute Gasteiger partial charge is 0.393 e. The Labute approximate surface area is 273 Å². The number of aromatic nitrogens is 4. The second-order valence-electron chi connectivity index (χ2n) is 13.0. The molecule has 2 saturated heterocycles. The zero-order chi connectivity index (χ0) is 34.2. The van der Waals surface area contributed by atoms with Gasteiger partial charge in [-0.15, -0.1) is 0 Å². The van der Waals surface area contributed by atoms with E-state index in [0.29, 0.717) is 43.3 Å². The fraction of sp³-hybridized carbons (Fsp3) is 0.645. The smallest absolute Gasteiger partial charge is 0.376 e. The molecule has 1 saturated carbocycles. The number of carbonyl (C=O) groups is 2. The van der Waals surface area contributed by atoms with E-state index in [4.69, 9.17) is 19.8 Å². The molecule has 2 aromatic rings. The minimum Gasteiger partial charge on any atom is -0.376 e. The van der Waals surface area contributed by atoms with Crippen molar-refractivity contribution < 1.29 is 41.0 Å². The predicted molar refractivity (Wildman–Crippen MR) is 162 cm³/mol. The van der Waals surface area contributed by atoms with Gasteiger partial charge >= 0.3 is 17.8 Å². The molecule has 48 heavy (non-hydrogen) atoms. The molecule has 4 atom stereocenters. The van der Waals surface area contributed by atoms with Crippen LogP contribution in [0.25, 0.3) is 5.78 Å². The van der Waals surface area contributed by atoms with Crippen molar-refractivity contribution in [3.8, 4) is 0 Å². The lowest BCUT2D eigenvalue weighted by atomic mass is 9.81. The number of imidazole rings is 1. The van der Waals surface area contributed by atoms with Gasteiger partial charge in [-0.25, -0.2) is 23.3 Å². The first-order valence-electron chi connectivity index (χ1n) is 16.2. The molecule has 0 bridgehead atoms. The zero-order valence-electron chi connectivity index (χ0n) is 26.7. The summed E-state index contributed by atoms with van der Waals surface area (Å²) in [5, 5.41) is 14.2. The maximum Gasteiger partial charge on any atom is 0.393 e. The summed E-state index contributed by atoms with van der Waals surface area (Å²) in [7, 11) is 0. The summed E-state index contributed by atoms with van der Waals surface area (Å²) in [6.07, 6.45) is 0.902. The van der Waals surface area contributed by atoms with Gasteiger partial charge in [0.1, 0.15) is 6.21 Å². The molecule has 6 rings (SSSR count). The van der Waals surface area contributed by atoms with Crippen LogP contribution in [0.3, 0.4) is 0 Å². The fourth-order valence-electron chi connectivity index (χ4n) is 6.89. The molecule has 17 heteroatoms. The molecule has 0 spiro atoms. The number of halogens is 5. The Morgan fingerprint density at radius 3 is 2.73 bits per heavy atom. The average Bonchev–Trinajstić information content (AvgIpc) is 3.68. The quantitative estimate of drug-likeness (QED) is 0.324. The van der Waals surface area contributed by atoms with E-state index in [-0.39, 0.29) is 62.0 Å². The van der Waals surface area contributed by atoms with Gasteiger partial charge in [0, 0.05) is 64.4 Å². The number of nitrogens with zero attached hydrogens (tertiary/aromatic N) is 7. The lowest BCUT2D eigenvalue weighted by molar-refractivity contribution is -0.467. The van der Waals surface area contributed by atoms with Crippen molar-refractivity contribution in [2.24, 2.45) is 22.9 Å². The van der Waals surface area contributed by atoms with Gasteiger partial charge in [-0.05, 0) is 37.2 Å². The topological polar surface area (TPSA) is 129 Å². The SMILES string of the molecule is C/C=[N+]1/N=CC=C1C(=O)N[C@H](c1cn2nc(C[C@H]3C[C@@H](C(F)(F)F)CNC3=O)c(CN3CCOC(C)C3)nc2n1)C1CCC(F)(F)CC1. The van der Waals surface area contributed by atoms with E-state index in [1.807, 2.05) is 6.92 Å². The van der Waals surface area contributed by atoms with Crippen LogP contribution in [0.1, 0.15) is 69.1 Å². The van der Waals surface area contributed by atoms with Crippen molar-refractivity contribution in [1.29, 1.82) is 0 Å². The maximum atomic E-state index is 14.2. The van der Waals surface area contributed by atoms with E-state index >= 15 is 0 Å². The number of amides is 2. The number of alkyl halides is 5. The second-order valence-corrected chi connectivity index (χ2v) is 13.0. The highest BCUT2D eigenvalue weighted by Gasteiger charge is 2.45. The van der Waals surface area contributed by atoms with Crippen LogP contribution in [-0.2, 0) is 27.3 Å². The van der Waals surface area contributed by atoms with Gasteiger partial charge in [0.2, 0.25) is 11.8 Å². The third-order valence-corrected chi connectivity index (χ3v) is 9.53. The number of ether oxygens (including phenoxy) is 1. The van der Waals surface area contributed by atoms with Crippen molar-refractivity contribution in [2.75, 3.05) is 26.2 Å². The van der Waals surface area contributed by atoms with Gasteiger partial charge in [0.05, 0.1) is 47.9 Å². The summed E-state index contributed by atoms with van der Waals surface area (Å²) in [5.41, 5.74) is 1.45. The van der Waals surface area contributed by atoms with Crippen LogP contribution in [0.2, 0.25) is 0 Å². The molecular formula is C31H39F5N9O3+. The average molecular weight is 681 g/mol. The Morgan fingerprint density at radius 1 is 1.25 bits per heavy atom.